The number of aromatic nitrogens is 1. The van der Waals surface area contributed by atoms with Gasteiger partial charge < -0.3 is 15.6 Å². The van der Waals surface area contributed by atoms with Crippen LogP contribution in [0.15, 0.2) is 10.6 Å². The number of amides is 1. The van der Waals surface area contributed by atoms with Gasteiger partial charge in [0.1, 0.15) is 0 Å². The van der Waals surface area contributed by atoms with Crippen LogP contribution in [-0.2, 0) is 11.2 Å². The van der Waals surface area contributed by atoms with Crippen molar-refractivity contribution in [3.63, 3.8) is 0 Å². The van der Waals surface area contributed by atoms with Gasteiger partial charge in [-0.25, -0.2) is 0 Å². The third kappa shape index (κ3) is 2.09. The molecule has 5 nitrogen and oxygen atoms in total. The fourth-order valence-corrected chi connectivity index (χ4v) is 4.97. The second-order valence-electron chi connectivity index (χ2n) is 6.92. The summed E-state index contributed by atoms with van der Waals surface area (Å²) in [5.41, 5.74) is 6.09. The second kappa shape index (κ2) is 4.50. The Morgan fingerprint density at radius 1 is 1.25 bits per heavy atom. The molecule has 4 saturated carbocycles. The standard InChI is InChI=1S/C15H21N3O2/c16-13-6-12(18-20-13)7-14(19)17-15-10-2-8-1-9(4-10)5-11(15)3-8/h6,8-11,15H,1-5,7,16H2,(H,17,19). The van der Waals surface area contributed by atoms with Crippen molar-refractivity contribution in [3.05, 3.63) is 11.8 Å². The van der Waals surface area contributed by atoms with Crippen molar-refractivity contribution < 1.29 is 9.32 Å². The number of nitrogens with one attached hydrogen (secondary N) is 1. The predicted octanol–water partition coefficient (Wildman–Crippen LogP) is 1.74. The van der Waals surface area contributed by atoms with Crippen LogP contribution in [-0.4, -0.2) is 17.1 Å². The Bertz CT molecular complexity index is 497. The van der Waals surface area contributed by atoms with Crippen molar-refractivity contribution in [2.45, 2.75) is 44.6 Å². The molecule has 0 aliphatic heterocycles. The van der Waals surface area contributed by atoms with Gasteiger partial charge >= 0.3 is 0 Å². The first-order valence-electron chi connectivity index (χ1n) is 7.68. The van der Waals surface area contributed by atoms with Gasteiger partial charge in [-0.3, -0.25) is 4.79 Å². The average molecular weight is 275 g/mol. The molecular formula is C15H21N3O2. The maximum absolute atomic E-state index is 12.2. The van der Waals surface area contributed by atoms with E-state index in [-0.39, 0.29) is 18.2 Å². The first-order valence-corrected chi connectivity index (χ1v) is 7.68. The van der Waals surface area contributed by atoms with Gasteiger partial charge in [0.05, 0.1) is 12.1 Å². The van der Waals surface area contributed by atoms with Crippen LogP contribution < -0.4 is 11.1 Å². The number of nitrogen functional groups attached to an aromatic ring is 1. The van der Waals surface area contributed by atoms with Crippen molar-refractivity contribution in [1.29, 1.82) is 0 Å². The van der Waals surface area contributed by atoms with Crippen LogP contribution >= 0.6 is 0 Å². The summed E-state index contributed by atoms with van der Waals surface area (Å²) in [6.45, 7) is 0. The minimum Gasteiger partial charge on any atom is -0.368 e. The Balaban J connectivity index is 1.40. The summed E-state index contributed by atoms with van der Waals surface area (Å²) in [5, 5.41) is 7.04. The summed E-state index contributed by atoms with van der Waals surface area (Å²) in [5.74, 6) is 3.59. The lowest BCUT2D eigenvalue weighted by Gasteiger charge is -2.54. The monoisotopic (exact) mass is 275 g/mol. The minimum atomic E-state index is 0.0516. The van der Waals surface area contributed by atoms with E-state index in [9.17, 15) is 4.79 Å². The highest BCUT2D eigenvalue weighted by Crippen LogP contribution is 2.53. The van der Waals surface area contributed by atoms with E-state index in [0.717, 1.165) is 11.8 Å². The molecule has 0 saturated heterocycles. The number of carbonyl (C=O) groups is 1. The smallest absolute Gasteiger partial charge is 0.226 e. The number of rotatable bonds is 3. The number of hydrogen-bond donors (Lipinski definition) is 2. The summed E-state index contributed by atoms with van der Waals surface area (Å²) in [7, 11) is 0. The average Bonchev–Trinajstić information content (AvgIpc) is 2.78. The number of carbonyl (C=O) groups excluding carboxylic acids is 1. The Labute approximate surface area is 118 Å². The zero-order valence-corrected chi connectivity index (χ0v) is 11.5. The van der Waals surface area contributed by atoms with Gasteiger partial charge in [-0.2, -0.15) is 0 Å². The Hall–Kier alpha value is -1.52. The number of anilines is 1. The molecule has 0 unspecified atom stereocenters. The van der Waals surface area contributed by atoms with Gasteiger partial charge in [0.2, 0.25) is 11.8 Å². The van der Waals surface area contributed by atoms with Crippen LogP contribution in [0, 0.1) is 23.7 Å². The molecule has 0 atom stereocenters. The number of nitrogens with zero attached hydrogens (tertiary/aromatic N) is 1. The minimum absolute atomic E-state index is 0.0516. The van der Waals surface area contributed by atoms with E-state index in [2.05, 4.69) is 10.5 Å². The summed E-state index contributed by atoms with van der Waals surface area (Å²) in [6.07, 6.45) is 6.96. The van der Waals surface area contributed by atoms with Crippen molar-refractivity contribution in [2.75, 3.05) is 5.73 Å². The van der Waals surface area contributed by atoms with E-state index in [1.54, 1.807) is 6.07 Å². The molecule has 1 amide bonds. The van der Waals surface area contributed by atoms with Crippen LogP contribution in [0.2, 0.25) is 0 Å². The Morgan fingerprint density at radius 2 is 1.90 bits per heavy atom. The van der Waals surface area contributed by atoms with Crippen LogP contribution in [0.25, 0.3) is 0 Å². The normalized spacial score (nSPS) is 38.1. The van der Waals surface area contributed by atoms with Gasteiger partial charge in [-0.05, 0) is 55.8 Å². The van der Waals surface area contributed by atoms with Crippen LogP contribution in [0.5, 0.6) is 0 Å². The van der Waals surface area contributed by atoms with Crippen molar-refractivity contribution in [2.24, 2.45) is 23.7 Å². The van der Waals surface area contributed by atoms with Gasteiger partial charge in [0.15, 0.2) is 0 Å². The molecule has 1 heterocycles. The van der Waals surface area contributed by atoms with Crippen LogP contribution in [0.3, 0.4) is 0 Å². The SMILES string of the molecule is Nc1cc(CC(=O)NC2C3CC4CC(C3)CC2C4)no1. The van der Waals surface area contributed by atoms with Gasteiger partial charge in [-0.15, -0.1) is 0 Å². The van der Waals surface area contributed by atoms with E-state index in [1.807, 2.05) is 0 Å². The molecule has 0 radical (unpaired) electrons. The molecule has 5 heteroatoms. The maximum atomic E-state index is 12.2. The highest BCUT2D eigenvalue weighted by molar-refractivity contribution is 5.78. The summed E-state index contributed by atoms with van der Waals surface area (Å²) >= 11 is 0. The first-order chi connectivity index (χ1) is 9.67. The lowest BCUT2D eigenvalue weighted by molar-refractivity contribution is -0.124. The van der Waals surface area contributed by atoms with E-state index in [1.165, 1.54) is 32.1 Å². The molecule has 4 fully saturated rings. The van der Waals surface area contributed by atoms with Crippen LogP contribution in [0.1, 0.15) is 37.8 Å². The lowest BCUT2D eigenvalue weighted by Crippen LogP contribution is -2.56. The summed E-state index contributed by atoms with van der Waals surface area (Å²) in [4.78, 5) is 12.2. The predicted molar refractivity (Wildman–Crippen MR) is 73.6 cm³/mol. The van der Waals surface area contributed by atoms with E-state index in [0.29, 0.717) is 23.6 Å². The summed E-state index contributed by atoms with van der Waals surface area (Å²) in [6, 6.07) is 2.01. The largest absolute Gasteiger partial charge is 0.368 e. The molecular weight excluding hydrogens is 254 g/mol. The number of hydrogen-bond acceptors (Lipinski definition) is 4. The van der Waals surface area contributed by atoms with Crippen LogP contribution in [0.4, 0.5) is 5.88 Å². The zero-order valence-electron chi connectivity index (χ0n) is 11.5. The third-order valence-electron chi connectivity index (χ3n) is 5.47. The molecule has 1 aromatic heterocycles. The highest BCUT2D eigenvalue weighted by atomic mass is 16.5. The summed E-state index contributed by atoms with van der Waals surface area (Å²) < 4.78 is 4.80. The van der Waals surface area contributed by atoms with Crippen molar-refractivity contribution in [1.82, 2.24) is 10.5 Å². The maximum Gasteiger partial charge on any atom is 0.226 e. The topological polar surface area (TPSA) is 81.2 Å². The second-order valence-corrected chi connectivity index (χ2v) is 6.92. The molecule has 0 spiro atoms. The molecule has 3 N–H and O–H groups in total. The van der Waals surface area contributed by atoms with Gasteiger partial charge in [0.25, 0.3) is 0 Å². The van der Waals surface area contributed by atoms with Crippen molar-refractivity contribution >= 4 is 11.8 Å². The molecule has 1 aromatic rings. The quantitative estimate of drug-likeness (QED) is 0.880. The molecule has 0 aromatic carbocycles. The first kappa shape index (κ1) is 12.2. The number of nitrogens with two attached hydrogens (primary N) is 1. The van der Waals surface area contributed by atoms with Gasteiger partial charge in [0, 0.05) is 12.1 Å². The van der Waals surface area contributed by atoms with Gasteiger partial charge in [-0.1, -0.05) is 5.16 Å². The third-order valence-corrected chi connectivity index (χ3v) is 5.47. The molecule has 108 valence electrons. The fraction of sp³-hybridized carbons (Fsp3) is 0.733. The molecule has 20 heavy (non-hydrogen) atoms. The van der Waals surface area contributed by atoms with Crippen molar-refractivity contribution in [3.8, 4) is 0 Å². The Kier molecular flexibility index (Phi) is 2.75. The molecule has 4 aliphatic rings. The van der Waals surface area contributed by atoms with E-state index < -0.39 is 0 Å². The fourth-order valence-electron chi connectivity index (χ4n) is 4.97. The molecule has 4 aliphatic carbocycles. The Morgan fingerprint density at radius 3 is 2.45 bits per heavy atom. The zero-order chi connectivity index (χ0) is 13.7. The van der Waals surface area contributed by atoms with E-state index >= 15 is 0 Å². The molecule has 5 rings (SSSR count). The van der Waals surface area contributed by atoms with E-state index in [4.69, 9.17) is 10.3 Å². The highest BCUT2D eigenvalue weighted by Gasteiger charge is 2.48. The lowest BCUT2D eigenvalue weighted by atomic mass is 9.54. The molecule has 4 bridgehead atoms.